The van der Waals surface area contributed by atoms with E-state index in [1.807, 2.05) is 18.2 Å². The summed E-state index contributed by atoms with van der Waals surface area (Å²) in [5.41, 5.74) is 1.17. The molecule has 2 rings (SSSR count). The quantitative estimate of drug-likeness (QED) is 0.724. The molecule has 0 radical (unpaired) electrons. The standard InChI is InChI=1S/C12H12OS/c1-9-7-8-12(14-9)10-5-3-4-6-11(10)13-2/h3-8H,1-2H3. The molecule has 0 N–H and O–H groups in total. The van der Waals surface area contributed by atoms with Crippen LogP contribution in [0.15, 0.2) is 36.4 Å². The fraction of sp³-hybridized carbons (Fsp3) is 0.167. The van der Waals surface area contributed by atoms with Gasteiger partial charge in [-0.05, 0) is 31.2 Å². The Bertz CT molecular complexity index is 431. The third kappa shape index (κ3) is 1.66. The second-order valence-corrected chi connectivity index (χ2v) is 4.40. The summed E-state index contributed by atoms with van der Waals surface area (Å²) in [7, 11) is 1.71. The Hall–Kier alpha value is -1.28. The van der Waals surface area contributed by atoms with E-state index in [4.69, 9.17) is 4.74 Å². The van der Waals surface area contributed by atoms with Gasteiger partial charge in [-0.2, -0.15) is 0 Å². The Labute approximate surface area is 88.0 Å². The largest absolute Gasteiger partial charge is 0.496 e. The SMILES string of the molecule is COc1ccccc1-c1ccc(C)s1. The minimum absolute atomic E-state index is 0.939. The van der Waals surface area contributed by atoms with Gasteiger partial charge in [0.05, 0.1) is 7.11 Å². The van der Waals surface area contributed by atoms with Gasteiger partial charge in [-0.1, -0.05) is 12.1 Å². The minimum Gasteiger partial charge on any atom is -0.496 e. The second-order valence-electron chi connectivity index (χ2n) is 3.11. The van der Waals surface area contributed by atoms with Gasteiger partial charge in [0.15, 0.2) is 0 Å². The normalized spacial score (nSPS) is 10.1. The molecule has 2 aromatic rings. The van der Waals surface area contributed by atoms with Crippen LogP contribution in [0.1, 0.15) is 4.88 Å². The monoisotopic (exact) mass is 204 g/mol. The van der Waals surface area contributed by atoms with Crippen LogP contribution in [0, 0.1) is 6.92 Å². The molecule has 0 aliphatic carbocycles. The molecule has 0 bridgehead atoms. The molecule has 2 heteroatoms. The van der Waals surface area contributed by atoms with E-state index in [0.29, 0.717) is 0 Å². The maximum atomic E-state index is 5.32. The smallest absolute Gasteiger partial charge is 0.127 e. The summed E-state index contributed by atoms with van der Waals surface area (Å²) in [6, 6.07) is 12.4. The summed E-state index contributed by atoms with van der Waals surface area (Å²) in [6.45, 7) is 2.11. The Morgan fingerprint density at radius 3 is 2.50 bits per heavy atom. The van der Waals surface area contributed by atoms with Crippen LogP contribution in [0.3, 0.4) is 0 Å². The summed E-state index contributed by atoms with van der Waals surface area (Å²) in [5, 5.41) is 0. The first-order valence-electron chi connectivity index (χ1n) is 4.51. The van der Waals surface area contributed by atoms with Gasteiger partial charge < -0.3 is 4.74 Å². The van der Waals surface area contributed by atoms with Gasteiger partial charge in [-0.25, -0.2) is 0 Å². The number of hydrogen-bond donors (Lipinski definition) is 0. The lowest BCUT2D eigenvalue weighted by molar-refractivity contribution is 0.416. The topological polar surface area (TPSA) is 9.23 Å². The number of hydrogen-bond acceptors (Lipinski definition) is 2. The lowest BCUT2D eigenvalue weighted by atomic mass is 10.1. The first-order chi connectivity index (χ1) is 6.81. The summed E-state index contributed by atoms with van der Waals surface area (Å²) >= 11 is 1.79. The molecule has 0 saturated carbocycles. The second kappa shape index (κ2) is 3.84. The Morgan fingerprint density at radius 2 is 1.86 bits per heavy atom. The molecule has 0 aliphatic heterocycles. The van der Waals surface area contributed by atoms with Crippen molar-refractivity contribution in [1.82, 2.24) is 0 Å². The number of aryl methyl sites for hydroxylation is 1. The molecule has 0 atom stereocenters. The van der Waals surface area contributed by atoms with Crippen molar-refractivity contribution in [2.45, 2.75) is 6.92 Å². The zero-order valence-corrected chi connectivity index (χ0v) is 9.10. The summed E-state index contributed by atoms with van der Waals surface area (Å²) < 4.78 is 5.32. The Kier molecular flexibility index (Phi) is 2.55. The summed E-state index contributed by atoms with van der Waals surface area (Å²) in [6.07, 6.45) is 0. The van der Waals surface area contributed by atoms with E-state index in [1.165, 1.54) is 15.3 Å². The number of thiophene rings is 1. The molecule has 0 unspecified atom stereocenters. The van der Waals surface area contributed by atoms with Crippen LogP contribution in [-0.2, 0) is 0 Å². The van der Waals surface area contributed by atoms with Gasteiger partial charge in [0.2, 0.25) is 0 Å². The number of ether oxygens (including phenoxy) is 1. The van der Waals surface area contributed by atoms with E-state index in [2.05, 4.69) is 25.1 Å². The van der Waals surface area contributed by atoms with Gasteiger partial charge in [-0.15, -0.1) is 11.3 Å². The van der Waals surface area contributed by atoms with Crippen LogP contribution in [-0.4, -0.2) is 7.11 Å². The molecule has 0 saturated heterocycles. The third-order valence-corrected chi connectivity index (χ3v) is 3.15. The molecule has 1 aromatic carbocycles. The Morgan fingerprint density at radius 1 is 1.07 bits per heavy atom. The fourth-order valence-electron chi connectivity index (χ4n) is 1.43. The van der Waals surface area contributed by atoms with Crippen molar-refractivity contribution in [3.05, 3.63) is 41.3 Å². The van der Waals surface area contributed by atoms with Gasteiger partial charge in [0.25, 0.3) is 0 Å². The van der Waals surface area contributed by atoms with E-state index in [-0.39, 0.29) is 0 Å². The van der Waals surface area contributed by atoms with Crippen molar-refractivity contribution in [3.8, 4) is 16.2 Å². The van der Waals surface area contributed by atoms with Gasteiger partial charge in [0, 0.05) is 15.3 Å². The fourth-order valence-corrected chi connectivity index (χ4v) is 2.33. The van der Waals surface area contributed by atoms with E-state index in [0.717, 1.165) is 5.75 Å². The zero-order valence-electron chi connectivity index (χ0n) is 8.28. The molecular formula is C12H12OS. The van der Waals surface area contributed by atoms with Crippen molar-refractivity contribution in [3.63, 3.8) is 0 Å². The highest BCUT2D eigenvalue weighted by molar-refractivity contribution is 7.15. The van der Waals surface area contributed by atoms with Crippen LogP contribution < -0.4 is 4.74 Å². The highest BCUT2D eigenvalue weighted by atomic mass is 32.1. The van der Waals surface area contributed by atoms with Crippen LogP contribution in [0.25, 0.3) is 10.4 Å². The summed E-state index contributed by atoms with van der Waals surface area (Å²) in [4.78, 5) is 2.59. The lowest BCUT2D eigenvalue weighted by Gasteiger charge is -2.05. The van der Waals surface area contributed by atoms with E-state index >= 15 is 0 Å². The Balaban J connectivity index is 2.50. The number of benzene rings is 1. The molecule has 0 fully saturated rings. The molecular weight excluding hydrogens is 192 g/mol. The molecule has 0 spiro atoms. The highest BCUT2D eigenvalue weighted by Crippen LogP contribution is 2.34. The lowest BCUT2D eigenvalue weighted by Crippen LogP contribution is -1.84. The predicted molar refractivity (Wildman–Crippen MR) is 61.0 cm³/mol. The average Bonchev–Trinajstić information content (AvgIpc) is 2.65. The third-order valence-electron chi connectivity index (χ3n) is 2.11. The van der Waals surface area contributed by atoms with E-state index in [9.17, 15) is 0 Å². The van der Waals surface area contributed by atoms with Crippen molar-refractivity contribution in [2.75, 3.05) is 7.11 Å². The maximum Gasteiger partial charge on any atom is 0.127 e. The minimum atomic E-state index is 0.939. The van der Waals surface area contributed by atoms with E-state index < -0.39 is 0 Å². The molecule has 1 nitrogen and oxygen atoms in total. The van der Waals surface area contributed by atoms with Crippen LogP contribution in [0.4, 0.5) is 0 Å². The maximum absolute atomic E-state index is 5.32. The number of para-hydroxylation sites is 1. The molecule has 0 amide bonds. The summed E-state index contributed by atoms with van der Waals surface area (Å²) in [5.74, 6) is 0.939. The molecule has 14 heavy (non-hydrogen) atoms. The van der Waals surface area contributed by atoms with Gasteiger partial charge >= 0.3 is 0 Å². The predicted octanol–water partition coefficient (Wildman–Crippen LogP) is 3.73. The first-order valence-corrected chi connectivity index (χ1v) is 5.33. The molecule has 72 valence electrons. The van der Waals surface area contributed by atoms with Crippen LogP contribution in [0.5, 0.6) is 5.75 Å². The molecule has 1 heterocycles. The van der Waals surface area contributed by atoms with Crippen molar-refractivity contribution >= 4 is 11.3 Å². The highest BCUT2D eigenvalue weighted by Gasteiger charge is 2.05. The van der Waals surface area contributed by atoms with Crippen LogP contribution in [0.2, 0.25) is 0 Å². The zero-order chi connectivity index (χ0) is 9.97. The average molecular weight is 204 g/mol. The molecule has 1 aromatic heterocycles. The van der Waals surface area contributed by atoms with Crippen molar-refractivity contribution < 1.29 is 4.74 Å². The van der Waals surface area contributed by atoms with Crippen molar-refractivity contribution in [1.29, 1.82) is 0 Å². The number of methoxy groups -OCH3 is 1. The van der Waals surface area contributed by atoms with Gasteiger partial charge in [-0.3, -0.25) is 0 Å². The van der Waals surface area contributed by atoms with Gasteiger partial charge in [0.1, 0.15) is 5.75 Å². The number of rotatable bonds is 2. The molecule has 0 aliphatic rings. The first kappa shape index (κ1) is 9.28. The van der Waals surface area contributed by atoms with Crippen LogP contribution >= 0.6 is 11.3 Å². The van der Waals surface area contributed by atoms with E-state index in [1.54, 1.807) is 18.4 Å². The van der Waals surface area contributed by atoms with Crippen molar-refractivity contribution in [2.24, 2.45) is 0 Å².